The molecular formula is C13H19NO5. The molecule has 0 spiro atoms. The summed E-state index contributed by atoms with van der Waals surface area (Å²) >= 11 is 0. The molecule has 0 aromatic heterocycles. The van der Waals surface area contributed by atoms with Gasteiger partial charge in [0.25, 0.3) is 5.69 Å². The van der Waals surface area contributed by atoms with Gasteiger partial charge < -0.3 is 14.6 Å². The van der Waals surface area contributed by atoms with E-state index in [0.717, 1.165) is 12.8 Å². The number of nitrogens with zero attached hydrogens (tertiary/aromatic N) is 1. The number of methoxy groups -OCH3 is 1. The SMILES string of the molecule is CCC(CC)Oc1cc([N+](=O)[O-])c(CO)cc1OC. The summed E-state index contributed by atoms with van der Waals surface area (Å²) < 4.78 is 10.9. The topological polar surface area (TPSA) is 81.8 Å². The van der Waals surface area contributed by atoms with Gasteiger partial charge in [0, 0.05) is 0 Å². The molecule has 0 aliphatic rings. The normalized spacial score (nSPS) is 10.6. The molecule has 0 aliphatic heterocycles. The summed E-state index contributed by atoms with van der Waals surface area (Å²) in [4.78, 5) is 10.4. The van der Waals surface area contributed by atoms with Crippen molar-refractivity contribution in [1.82, 2.24) is 0 Å². The summed E-state index contributed by atoms with van der Waals surface area (Å²) in [6.45, 7) is 3.55. The van der Waals surface area contributed by atoms with Gasteiger partial charge in [-0.1, -0.05) is 13.8 Å². The minimum Gasteiger partial charge on any atom is -0.493 e. The highest BCUT2D eigenvalue weighted by molar-refractivity contribution is 5.54. The Morgan fingerprint density at radius 3 is 2.37 bits per heavy atom. The molecule has 19 heavy (non-hydrogen) atoms. The first-order valence-corrected chi connectivity index (χ1v) is 6.20. The molecule has 0 saturated heterocycles. The van der Waals surface area contributed by atoms with Crippen molar-refractivity contribution in [2.45, 2.75) is 39.4 Å². The molecule has 1 N–H and O–H groups in total. The quantitative estimate of drug-likeness (QED) is 0.608. The number of aliphatic hydroxyl groups excluding tert-OH is 1. The number of nitro groups is 1. The highest BCUT2D eigenvalue weighted by Gasteiger charge is 2.20. The second-order valence-corrected chi connectivity index (χ2v) is 4.10. The Labute approximate surface area is 112 Å². The second kappa shape index (κ2) is 6.94. The fourth-order valence-electron chi connectivity index (χ4n) is 1.77. The zero-order valence-electron chi connectivity index (χ0n) is 11.4. The molecule has 0 radical (unpaired) electrons. The minimum atomic E-state index is -0.537. The van der Waals surface area contributed by atoms with Gasteiger partial charge in [0.2, 0.25) is 0 Å². The van der Waals surface area contributed by atoms with E-state index in [1.807, 2.05) is 13.8 Å². The first-order valence-electron chi connectivity index (χ1n) is 6.20. The highest BCUT2D eigenvalue weighted by atomic mass is 16.6. The number of hydrogen-bond donors (Lipinski definition) is 1. The zero-order valence-corrected chi connectivity index (χ0v) is 11.4. The number of ether oxygens (including phenoxy) is 2. The summed E-state index contributed by atoms with van der Waals surface area (Å²) in [6.07, 6.45) is 1.58. The Morgan fingerprint density at radius 2 is 1.95 bits per heavy atom. The van der Waals surface area contributed by atoms with E-state index in [2.05, 4.69) is 0 Å². The Bertz CT molecular complexity index is 443. The highest BCUT2D eigenvalue weighted by Crippen LogP contribution is 2.35. The maximum absolute atomic E-state index is 11.0. The van der Waals surface area contributed by atoms with E-state index in [4.69, 9.17) is 14.6 Å². The van der Waals surface area contributed by atoms with Crippen molar-refractivity contribution >= 4 is 5.69 Å². The smallest absolute Gasteiger partial charge is 0.278 e. The van der Waals surface area contributed by atoms with Crippen LogP contribution in [0.4, 0.5) is 5.69 Å². The van der Waals surface area contributed by atoms with Gasteiger partial charge in [0.15, 0.2) is 11.5 Å². The Balaban J connectivity index is 3.21. The molecule has 6 nitrogen and oxygen atoms in total. The van der Waals surface area contributed by atoms with Gasteiger partial charge in [-0.15, -0.1) is 0 Å². The van der Waals surface area contributed by atoms with E-state index in [1.165, 1.54) is 19.2 Å². The van der Waals surface area contributed by atoms with Gasteiger partial charge in [-0.2, -0.15) is 0 Å². The molecule has 0 bridgehead atoms. The molecule has 0 unspecified atom stereocenters. The van der Waals surface area contributed by atoms with Crippen LogP contribution in [0.3, 0.4) is 0 Å². The predicted molar refractivity (Wildman–Crippen MR) is 70.6 cm³/mol. The minimum absolute atomic E-state index is 0.0199. The number of nitro benzene ring substituents is 1. The van der Waals surface area contributed by atoms with E-state index in [9.17, 15) is 10.1 Å². The van der Waals surface area contributed by atoms with Crippen LogP contribution >= 0.6 is 0 Å². The molecule has 0 heterocycles. The van der Waals surface area contributed by atoms with E-state index in [-0.39, 0.29) is 17.4 Å². The first-order chi connectivity index (χ1) is 9.07. The standard InChI is InChI=1S/C13H19NO5/c1-4-10(5-2)19-13-7-11(14(16)17)9(8-15)6-12(13)18-3/h6-7,10,15H,4-5,8H2,1-3H3. The molecule has 6 heteroatoms. The average molecular weight is 269 g/mol. The molecule has 0 atom stereocenters. The molecule has 106 valence electrons. The summed E-state index contributed by atoms with van der Waals surface area (Å²) in [7, 11) is 1.46. The molecule has 1 rings (SSSR count). The maximum atomic E-state index is 11.0. The largest absolute Gasteiger partial charge is 0.493 e. The van der Waals surface area contributed by atoms with Crippen LogP contribution in [0.2, 0.25) is 0 Å². The van der Waals surface area contributed by atoms with Crippen molar-refractivity contribution in [3.8, 4) is 11.5 Å². The zero-order chi connectivity index (χ0) is 14.4. The average Bonchev–Trinajstić information content (AvgIpc) is 2.43. The number of benzene rings is 1. The van der Waals surface area contributed by atoms with Crippen molar-refractivity contribution < 1.29 is 19.5 Å². The molecule has 0 amide bonds. The molecule has 0 fully saturated rings. The van der Waals surface area contributed by atoms with Crippen LogP contribution in [-0.4, -0.2) is 23.2 Å². The maximum Gasteiger partial charge on any atom is 0.278 e. The van der Waals surface area contributed by atoms with Gasteiger partial charge in [0.05, 0.1) is 36.4 Å². The van der Waals surface area contributed by atoms with Gasteiger partial charge in [-0.3, -0.25) is 10.1 Å². The Kier molecular flexibility index (Phi) is 5.57. The van der Waals surface area contributed by atoms with Gasteiger partial charge in [0.1, 0.15) is 0 Å². The molecular weight excluding hydrogens is 250 g/mol. The van der Waals surface area contributed by atoms with Crippen LogP contribution < -0.4 is 9.47 Å². The molecule has 0 aliphatic carbocycles. The molecule has 1 aromatic rings. The number of aliphatic hydroxyl groups is 1. The van der Waals surface area contributed by atoms with E-state index < -0.39 is 11.5 Å². The van der Waals surface area contributed by atoms with Crippen LogP contribution in [0.5, 0.6) is 11.5 Å². The monoisotopic (exact) mass is 269 g/mol. The molecule has 0 saturated carbocycles. The second-order valence-electron chi connectivity index (χ2n) is 4.10. The lowest BCUT2D eigenvalue weighted by atomic mass is 10.1. The van der Waals surface area contributed by atoms with Gasteiger partial charge in [-0.25, -0.2) is 0 Å². The third-order valence-corrected chi connectivity index (χ3v) is 2.94. The molecule has 1 aromatic carbocycles. The van der Waals surface area contributed by atoms with E-state index in [0.29, 0.717) is 11.5 Å². The summed E-state index contributed by atoms with van der Waals surface area (Å²) in [5.41, 5.74) is 0.0444. The van der Waals surface area contributed by atoms with Gasteiger partial charge >= 0.3 is 0 Å². The summed E-state index contributed by atoms with van der Waals surface area (Å²) in [5.74, 6) is 0.724. The van der Waals surface area contributed by atoms with Crippen LogP contribution in [0.1, 0.15) is 32.3 Å². The Morgan fingerprint density at radius 1 is 1.32 bits per heavy atom. The van der Waals surface area contributed by atoms with E-state index in [1.54, 1.807) is 0 Å². The summed E-state index contributed by atoms with van der Waals surface area (Å²) in [6, 6.07) is 2.75. The van der Waals surface area contributed by atoms with Crippen LogP contribution in [-0.2, 0) is 6.61 Å². The number of hydrogen-bond acceptors (Lipinski definition) is 5. The number of rotatable bonds is 7. The van der Waals surface area contributed by atoms with Crippen molar-refractivity contribution in [3.63, 3.8) is 0 Å². The summed E-state index contributed by atoms with van der Waals surface area (Å²) in [5, 5.41) is 20.1. The van der Waals surface area contributed by atoms with Crippen molar-refractivity contribution in [2.24, 2.45) is 0 Å². The Hall–Kier alpha value is -1.82. The van der Waals surface area contributed by atoms with Crippen molar-refractivity contribution in [2.75, 3.05) is 7.11 Å². The predicted octanol–water partition coefficient (Wildman–Crippen LogP) is 2.66. The third kappa shape index (κ3) is 3.57. The lowest BCUT2D eigenvalue weighted by molar-refractivity contribution is -0.386. The fraction of sp³-hybridized carbons (Fsp3) is 0.538. The fourth-order valence-corrected chi connectivity index (χ4v) is 1.77. The first kappa shape index (κ1) is 15.2. The van der Waals surface area contributed by atoms with E-state index >= 15 is 0 Å². The van der Waals surface area contributed by atoms with Crippen LogP contribution in [0.15, 0.2) is 12.1 Å². The lowest BCUT2D eigenvalue weighted by Crippen LogP contribution is -2.14. The van der Waals surface area contributed by atoms with Crippen molar-refractivity contribution in [3.05, 3.63) is 27.8 Å². The lowest BCUT2D eigenvalue weighted by Gasteiger charge is -2.18. The van der Waals surface area contributed by atoms with Crippen LogP contribution in [0.25, 0.3) is 0 Å². The van der Waals surface area contributed by atoms with Crippen molar-refractivity contribution in [1.29, 1.82) is 0 Å². The van der Waals surface area contributed by atoms with Gasteiger partial charge in [-0.05, 0) is 18.9 Å². The van der Waals surface area contributed by atoms with Crippen LogP contribution in [0, 0.1) is 10.1 Å². The third-order valence-electron chi connectivity index (χ3n) is 2.94.